The summed E-state index contributed by atoms with van der Waals surface area (Å²) in [6.07, 6.45) is 10.1. The third kappa shape index (κ3) is 3.05. The van der Waals surface area contributed by atoms with Gasteiger partial charge in [0, 0.05) is 25.2 Å². The van der Waals surface area contributed by atoms with Gasteiger partial charge in [-0.1, -0.05) is 30.9 Å². The number of hydrogen-bond acceptors (Lipinski definition) is 2. The lowest BCUT2D eigenvalue weighted by atomic mass is 9.82. The predicted octanol–water partition coefficient (Wildman–Crippen LogP) is 2.30. The van der Waals surface area contributed by atoms with Crippen molar-refractivity contribution in [3.8, 4) is 0 Å². The average Bonchev–Trinajstić information content (AvgIpc) is 2.18. The summed E-state index contributed by atoms with van der Waals surface area (Å²) in [5.41, 5.74) is 8.11. The molecule has 0 unspecified atom stereocenters. The van der Waals surface area contributed by atoms with Crippen molar-refractivity contribution < 1.29 is 0 Å². The van der Waals surface area contributed by atoms with Crippen LogP contribution in [0.25, 0.3) is 0 Å². The Kier molecular flexibility index (Phi) is 3.47. The van der Waals surface area contributed by atoms with Gasteiger partial charge < -0.3 is 5.73 Å². The number of hydrogen-bond donors (Lipinski definition) is 1. The summed E-state index contributed by atoms with van der Waals surface area (Å²) in [6.45, 7) is 5.68. The Morgan fingerprint density at radius 2 is 2.07 bits per heavy atom. The van der Waals surface area contributed by atoms with E-state index in [1.165, 1.54) is 50.6 Å². The molecule has 1 aliphatic heterocycles. The highest BCUT2D eigenvalue weighted by molar-refractivity contribution is 5.06. The first kappa shape index (κ1) is 11.2. The largest absolute Gasteiger partial charge is 0.324 e. The molecule has 0 bridgehead atoms. The predicted molar refractivity (Wildman–Crippen MR) is 64.8 cm³/mol. The highest BCUT2D eigenvalue weighted by Crippen LogP contribution is 2.27. The van der Waals surface area contributed by atoms with E-state index in [9.17, 15) is 0 Å². The van der Waals surface area contributed by atoms with Gasteiger partial charge in [0.2, 0.25) is 0 Å². The molecule has 0 amide bonds. The molecule has 0 aromatic carbocycles. The first-order chi connectivity index (χ1) is 7.18. The molecule has 0 spiro atoms. The maximum atomic E-state index is 6.47. The van der Waals surface area contributed by atoms with Crippen LogP contribution in [0, 0.1) is 0 Å². The van der Waals surface area contributed by atoms with Crippen LogP contribution in [0.3, 0.4) is 0 Å². The van der Waals surface area contributed by atoms with Crippen molar-refractivity contribution >= 4 is 0 Å². The van der Waals surface area contributed by atoms with Gasteiger partial charge >= 0.3 is 0 Å². The van der Waals surface area contributed by atoms with Crippen LogP contribution >= 0.6 is 0 Å². The van der Waals surface area contributed by atoms with Gasteiger partial charge in [-0.2, -0.15) is 0 Å². The fraction of sp³-hybridized carbons (Fsp3) is 0.846. The molecular weight excluding hydrogens is 184 g/mol. The van der Waals surface area contributed by atoms with Crippen molar-refractivity contribution in [3.63, 3.8) is 0 Å². The van der Waals surface area contributed by atoms with E-state index in [-0.39, 0.29) is 5.54 Å². The molecule has 0 aromatic rings. The van der Waals surface area contributed by atoms with Crippen molar-refractivity contribution in [3.05, 3.63) is 11.6 Å². The Balaban J connectivity index is 1.87. The zero-order valence-corrected chi connectivity index (χ0v) is 9.97. The van der Waals surface area contributed by atoms with Crippen LogP contribution < -0.4 is 5.73 Å². The lowest BCUT2D eigenvalue weighted by molar-refractivity contribution is 0.179. The SMILES string of the molecule is CC1=CCCN(CC2(N)CCCCC2)C1. The minimum absolute atomic E-state index is 0.121. The van der Waals surface area contributed by atoms with Crippen LogP contribution in [0.15, 0.2) is 11.6 Å². The van der Waals surface area contributed by atoms with E-state index in [1.54, 1.807) is 0 Å². The van der Waals surface area contributed by atoms with Gasteiger partial charge in [-0.15, -0.1) is 0 Å². The van der Waals surface area contributed by atoms with Crippen molar-refractivity contribution in [1.82, 2.24) is 4.90 Å². The van der Waals surface area contributed by atoms with Crippen LogP contribution in [-0.2, 0) is 0 Å². The van der Waals surface area contributed by atoms with E-state index in [1.807, 2.05) is 0 Å². The van der Waals surface area contributed by atoms with Crippen LogP contribution in [0.5, 0.6) is 0 Å². The molecule has 1 fully saturated rings. The maximum absolute atomic E-state index is 6.47. The summed E-state index contributed by atoms with van der Waals surface area (Å²) in [4.78, 5) is 2.54. The van der Waals surface area contributed by atoms with Gasteiger partial charge in [0.1, 0.15) is 0 Å². The molecule has 2 nitrogen and oxygen atoms in total. The molecular formula is C13H24N2. The normalized spacial score (nSPS) is 27.5. The molecule has 86 valence electrons. The first-order valence-electron chi connectivity index (χ1n) is 6.35. The Labute approximate surface area is 93.5 Å². The van der Waals surface area contributed by atoms with E-state index >= 15 is 0 Å². The molecule has 1 heterocycles. The second-order valence-electron chi connectivity index (χ2n) is 5.47. The molecule has 2 rings (SSSR count). The third-order valence-corrected chi connectivity index (χ3v) is 3.80. The maximum Gasteiger partial charge on any atom is 0.0283 e. The molecule has 2 aliphatic rings. The summed E-state index contributed by atoms with van der Waals surface area (Å²) < 4.78 is 0. The summed E-state index contributed by atoms with van der Waals surface area (Å²) in [5, 5.41) is 0. The average molecular weight is 208 g/mol. The number of rotatable bonds is 2. The number of nitrogens with zero attached hydrogens (tertiary/aromatic N) is 1. The first-order valence-corrected chi connectivity index (χ1v) is 6.35. The van der Waals surface area contributed by atoms with Crippen LogP contribution in [-0.4, -0.2) is 30.1 Å². The molecule has 0 aromatic heterocycles. The van der Waals surface area contributed by atoms with E-state index in [4.69, 9.17) is 5.73 Å². The van der Waals surface area contributed by atoms with Gasteiger partial charge in [-0.05, 0) is 26.2 Å². The van der Waals surface area contributed by atoms with Crippen molar-refractivity contribution in [2.24, 2.45) is 5.73 Å². The van der Waals surface area contributed by atoms with Gasteiger partial charge in [0.05, 0.1) is 0 Å². The van der Waals surface area contributed by atoms with Gasteiger partial charge in [0.25, 0.3) is 0 Å². The van der Waals surface area contributed by atoms with Gasteiger partial charge in [0.15, 0.2) is 0 Å². The molecule has 15 heavy (non-hydrogen) atoms. The summed E-state index contributed by atoms with van der Waals surface area (Å²) >= 11 is 0. The van der Waals surface area contributed by atoms with Crippen LogP contribution in [0.4, 0.5) is 0 Å². The summed E-state index contributed by atoms with van der Waals surface area (Å²) in [5.74, 6) is 0. The highest BCUT2D eigenvalue weighted by Gasteiger charge is 2.29. The molecule has 1 aliphatic carbocycles. The van der Waals surface area contributed by atoms with Crippen LogP contribution in [0.1, 0.15) is 45.4 Å². The molecule has 0 saturated heterocycles. The Hall–Kier alpha value is -0.340. The standard InChI is InChI=1S/C13H24N2/c1-12-6-5-9-15(10-12)11-13(14)7-3-2-4-8-13/h6H,2-5,7-11,14H2,1H3. The van der Waals surface area contributed by atoms with Gasteiger partial charge in [-0.3, -0.25) is 4.90 Å². The van der Waals surface area contributed by atoms with E-state index < -0.39 is 0 Å². The number of nitrogens with two attached hydrogens (primary N) is 1. The summed E-state index contributed by atoms with van der Waals surface area (Å²) in [6, 6.07) is 0. The summed E-state index contributed by atoms with van der Waals surface area (Å²) in [7, 11) is 0. The Morgan fingerprint density at radius 3 is 2.73 bits per heavy atom. The van der Waals surface area contributed by atoms with Crippen LogP contribution in [0.2, 0.25) is 0 Å². The minimum Gasteiger partial charge on any atom is -0.324 e. The second kappa shape index (κ2) is 4.67. The van der Waals surface area contributed by atoms with E-state index in [2.05, 4.69) is 17.9 Å². The molecule has 1 saturated carbocycles. The minimum atomic E-state index is 0.121. The fourth-order valence-electron chi connectivity index (χ4n) is 2.98. The molecule has 0 atom stereocenters. The van der Waals surface area contributed by atoms with Crippen molar-refractivity contribution in [1.29, 1.82) is 0 Å². The fourth-order valence-corrected chi connectivity index (χ4v) is 2.98. The smallest absolute Gasteiger partial charge is 0.0283 e. The zero-order chi connectivity index (χ0) is 10.7. The lowest BCUT2D eigenvalue weighted by Crippen LogP contribution is -2.52. The molecule has 0 radical (unpaired) electrons. The third-order valence-electron chi connectivity index (χ3n) is 3.80. The van der Waals surface area contributed by atoms with Gasteiger partial charge in [-0.25, -0.2) is 0 Å². The second-order valence-corrected chi connectivity index (χ2v) is 5.47. The van der Waals surface area contributed by atoms with Crippen molar-refractivity contribution in [2.75, 3.05) is 19.6 Å². The van der Waals surface area contributed by atoms with Crippen molar-refractivity contribution in [2.45, 2.75) is 51.0 Å². The Morgan fingerprint density at radius 1 is 1.33 bits per heavy atom. The monoisotopic (exact) mass is 208 g/mol. The molecule has 2 heteroatoms. The van der Waals surface area contributed by atoms with E-state index in [0.29, 0.717) is 0 Å². The van der Waals surface area contributed by atoms with E-state index in [0.717, 1.165) is 13.1 Å². The topological polar surface area (TPSA) is 29.3 Å². The highest BCUT2D eigenvalue weighted by atomic mass is 15.1. The molecule has 2 N–H and O–H groups in total. The quantitative estimate of drug-likeness (QED) is 0.706. The zero-order valence-electron chi connectivity index (χ0n) is 9.97. The lowest BCUT2D eigenvalue weighted by Gasteiger charge is -2.39. The Bertz CT molecular complexity index is 239.